The lowest BCUT2D eigenvalue weighted by Crippen LogP contribution is -2.48. The van der Waals surface area contributed by atoms with Crippen molar-refractivity contribution in [3.05, 3.63) is 47.0 Å². The van der Waals surface area contributed by atoms with Crippen molar-refractivity contribution in [1.82, 2.24) is 0 Å². The van der Waals surface area contributed by atoms with Crippen molar-refractivity contribution in [2.24, 2.45) is 5.41 Å². The molecule has 2 aliphatic heterocycles. The van der Waals surface area contributed by atoms with Crippen LogP contribution >= 0.6 is 0 Å². The molecule has 24 heavy (non-hydrogen) atoms. The molecule has 0 amide bonds. The molecule has 0 saturated carbocycles. The summed E-state index contributed by atoms with van der Waals surface area (Å²) in [5, 5.41) is 0. The predicted molar refractivity (Wildman–Crippen MR) is 82.8 cm³/mol. The Labute approximate surface area is 139 Å². The van der Waals surface area contributed by atoms with E-state index in [9.17, 15) is 14.4 Å². The molecule has 6 nitrogen and oxygen atoms in total. The van der Waals surface area contributed by atoms with Crippen LogP contribution in [0.15, 0.2) is 41.5 Å². The van der Waals surface area contributed by atoms with E-state index in [-0.39, 0.29) is 16.9 Å². The molecule has 126 valence electrons. The lowest BCUT2D eigenvalue weighted by Gasteiger charge is -2.39. The molecule has 3 rings (SSSR count). The van der Waals surface area contributed by atoms with Crippen molar-refractivity contribution >= 4 is 17.7 Å². The number of hydrogen-bond acceptors (Lipinski definition) is 6. The molecule has 2 bridgehead atoms. The van der Waals surface area contributed by atoms with Gasteiger partial charge in [0.2, 0.25) is 0 Å². The second-order valence-corrected chi connectivity index (χ2v) is 6.31. The molecule has 2 atom stereocenters. The van der Waals surface area contributed by atoms with Crippen LogP contribution in [0.3, 0.4) is 0 Å². The molecule has 0 spiro atoms. The van der Waals surface area contributed by atoms with E-state index in [1.807, 2.05) is 6.07 Å². The molecule has 0 N–H and O–H groups in total. The normalized spacial score (nSPS) is 27.3. The van der Waals surface area contributed by atoms with E-state index in [0.29, 0.717) is 5.56 Å². The predicted octanol–water partition coefficient (Wildman–Crippen LogP) is 1.53. The van der Waals surface area contributed by atoms with Crippen molar-refractivity contribution in [3.63, 3.8) is 0 Å². The van der Waals surface area contributed by atoms with Crippen LogP contribution < -0.4 is 0 Å². The summed E-state index contributed by atoms with van der Waals surface area (Å²) in [7, 11) is 2.42. The van der Waals surface area contributed by atoms with Crippen LogP contribution in [0.5, 0.6) is 0 Å². The molecule has 2 heterocycles. The Morgan fingerprint density at radius 1 is 1.04 bits per heavy atom. The number of Topliss-reactive ketones (excluding diaryl/α,β-unsaturated/α-hetero) is 1. The van der Waals surface area contributed by atoms with Crippen LogP contribution in [0, 0.1) is 5.41 Å². The molecule has 0 aliphatic carbocycles. The monoisotopic (exact) mass is 330 g/mol. The van der Waals surface area contributed by atoms with Gasteiger partial charge in [0, 0.05) is 0 Å². The maximum Gasteiger partial charge on any atom is 0.337 e. The zero-order valence-electron chi connectivity index (χ0n) is 13.9. The molecular weight excluding hydrogens is 312 g/mol. The third kappa shape index (κ3) is 1.77. The molecule has 0 radical (unpaired) electrons. The fraction of sp³-hybridized carbons (Fsp3) is 0.389. The van der Waals surface area contributed by atoms with E-state index in [4.69, 9.17) is 14.2 Å². The van der Waals surface area contributed by atoms with Gasteiger partial charge in [0.05, 0.1) is 30.8 Å². The highest BCUT2D eigenvalue weighted by atomic mass is 16.6. The molecule has 1 aromatic rings. The van der Waals surface area contributed by atoms with Gasteiger partial charge in [0.25, 0.3) is 0 Å². The number of fused-ring (bicyclic) bond motifs is 2. The van der Waals surface area contributed by atoms with Crippen LogP contribution in [0.25, 0.3) is 0 Å². The van der Waals surface area contributed by atoms with Gasteiger partial charge in [0.1, 0.15) is 5.60 Å². The van der Waals surface area contributed by atoms with Gasteiger partial charge in [-0.05, 0) is 19.4 Å². The molecule has 2 aliphatic rings. The van der Waals surface area contributed by atoms with Crippen LogP contribution in [0.1, 0.15) is 19.4 Å². The van der Waals surface area contributed by atoms with Crippen LogP contribution in [0.4, 0.5) is 0 Å². The number of hydrogen-bond donors (Lipinski definition) is 0. The Morgan fingerprint density at radius 2 is 1.62 bits per heavy atom. The van der Waals surface area contributed by atoms with Crippen molar-refractivity contribution in [2.45, 2.75) is 25.6 Å². The van der Waals surface area contributed by atoms with Gasteiger partial charge in [-0.3, -0.25) is 4.79 Å². The average Bonchev–Trinajstić information content (AvgIpc) is 3.06. The fourth-order valence-corrected chi connectivity index (χ4v) is 3.68. The van der Waals surface area contributed by atoms with Crippen molar-refractivity contribution in [1.29, 1.82) is 0 Å². The van der Waals surface area contributed by atoms with E-state index < -0.39 is 29.1 Å². The summed E-state index contributed by atoms with van der Waals surface area (Å²) in [6.45, 7) is 3.42. The highest BCUT2D eigenvalue weighted by molar-refractivity contribution is 6.14. The largest absolute Gasteiger partial charge is 0.466 e. The Balaban J connectivity index is 2.38. The number of methoxy groups -OCH3 is 2. The highest BCUT2D eigenvalue weighted by Crippen LogP contribution is 2.61. The minimum atomic E-state index is -1.38. The van der Waals surface area contributed by atoms with Crippen LogP contribution in [0.2, 0.25) is 0 Å². The number of ether oxygens (including phenoxy) is 3. The number of carbonyl (C=O) groups excluding carboxylic acids is 3. The topological polar surface area (TPSA) is 78.9 Å². The third-order valence-corrected chi connectivity index (χ3v) is 4.89. The number of esters is 2. The smallest absolute Gasteiger partial charge is 0.337 e. The summed E-state index contributed by atoms with van der Waals surface area (Å²) in [4.78, 5) is 37.6. The zero-order chi connectivity index (χ0) is 17.7. The molecular formula is C18H18O6. The summed E-state index contributed by atoms with van der Waals surface area (Å²) in [5.41, 5.74) is -1.84. The van der Waals surface area contributed by atoms with Crippen LogP contribution in [-0.2, 0) is 34.2 Å². The first-order chi connectivity index (χ1) is 11.3. The molecule has 6 heteroatoms. The van der Waals surface area contributed by atoms with E-state index >= 15 is 0 Å². The summed E-state index contributed by atoms with van der Waals surface area (Å²) in [5.74, 6) is -1.73. The van der Waals surface area contributed by atoms with Crippen molar-refractivity contribution in [3.8, 4) is 0 Å². The highest BCUT2D eigenvalue weighted by Gasteiger charge is 2.71. The second-order valence-electron chi connectivity index (χ2n) is 6.31. The van der Waals surface area contributed by atoms with Gasteiger partial charge in [-0.2, -0.15) is 0 Å². The fourth-order valence-electron chi connectivity index (χ4n) is 3.68. The quantitative estimate of drug-likeness (QED) is 0.782. The zero-order valence-corrected chi connectivity index (χ0v) is 13.9. The Hall–Kier alpha value is -2.47. The van der Waals surface area contributed by atoms with Gasteiger partial charge in [-0.1, -0.05) is 30.3 Å². The van der Waals surface area contributed by atoms with Gasteiger partial charge < -0.3 is 14.2 Å². The Kier molecular flexibility index (Phi) is 3.60. The first kappa shape index (κ1) is 16.4. The third-order valence-electron chi connectivity index (χ3n) is 4.89. The average molecular weight is 330 g/mol. The van der Waals surface area contributed by atoms with E-state index in [1.54, 1.807) is 38.1 Å². The maximum absolute atomic E-state index is 12.8. The van der Waals surface area contributed by atoms with Gasteiger partial charge in [0.15, 0.2) is 11.9 Å². The maximum atomic E-state index is 12.8. The Morgan fingerprint density at radius 3 is 2.17 bits per heavy atom. The summed E-state index contributed by atoms with van der Waals surface area (Å²) >= 11 is 0. The Bertz CT molecular complexity index is 761. The SMILES string of the molecule is COC(=O)C1=C(C(=O)OC)[C@]2(c3ccccc3)O[C@H]1C(=O)C2(C)C. The van der Waals surface area contributed by atoms with E-state index in [1.165, 1.54) is 14.2 Å². The van der Waals surface area contributed by atoms with Gasteiger partial charge >= 0.3 is 11.9 Å². The minimum Gasteiger partial charge on any atom is -0.466 e. The molecule has 0 aromatic heterocycles. The number of carbonyl (C=O) groups is 3. The number of rotatable bonds is 3. The molecule has 0 unspecified atom stereocenters. The van der Waals surface area contributed by atoms with Gasteiger partial charge in [-0.15, -0.1) is 0 Å². The number of ketones is 1. The molecule has 1 saturated heterocycles. The van der Waals surface area contributed by atoms with Crippen molar-refractivity contribution < 1.29 is 28.6 Å². The van der Waals surface area contributed by atoms with Crippen LogP contribution in [-0.4, -0.2) is 38.0 Å². The lowest BCUT2D eigenvalue weighted by molar-refractivity contribution is -0.142. The summed E-state index contributed by atoms with van der Waals surface area (Å²) in [6, 6.07) is 8.92. The van der Waals surface area contributed by atoms with E-state index in [0.717, 1.165) is 0 Å². The standard InChI is InChI=1S/C18H18O6/c1-17(2)14(19)13-11(15(20)22-3)12(16(21)23-4)18(17,24-13)10-8-6-5-7-9-10/h5-9,13H,1-4H3/t13-,18+/m1/s1. The lowest BCUT2D eigenvalue weighted by atomic mass is 9.61. The van der Waals surface area contributed by atoms with Crippen molar-refractivity contribution in [2.75, 3.05) is 14.2 Å². The molecule has 1 fully saturated rings. The van der Waals surface area contributed by atoms with Gasteiger partial charge in [-0.25, -0.2) is 9.59 Å². The second kappa shape index (κ2) is 5.27. The summed E-state index contributed by atoms with van der Waals surface area (Å²) in [6.07, 6.45) is -1.14. The number of benzene rings is 1. The first-order valence-corrected chi connectivity index (χ1v) is 7.51. The first-order valence-electron chi connectivity index (χ1n) is 7.51. The van der Waals surface area contributed by atoms with E-state index in [2.05, 4.69) is 0 Å². The molecule has 1 aromatic carbocycles. The summed E-state index contributed by atoms with van der Waals surface area (Å²) < 4.78 is 15.7. The minimum absolute atomic E-state index is 0.0395.